The molecule has 2 atom stereocenters. The standard InChI is InChI=1S/C12H17NO3.C11H15NO3/c1-10(14)8-12(15)13(2)16-9-11-6-4-3-5-7-11;1-9(13)7-11(14)12-15-8-10-5-3-2-4-6-10/h3-7,10,14H,8-9H2,1-2H3;2-6,9,13H,7-8H2,1H3,(H,12,14). The van der Waals surface area contributed by atoms with Gasteiger partial charge in [0, 0.05) is 7.05 Å². The number of hydrogen-bond acceptors (Lipinski definition) is 6. The zero-order valence-corrected chi connectivity index (χ0v) is 18.2. The fraction of sp³-hybridized carbons (Fsp3) is 0.391. The molecular formula is C23H32N2O6. The first-order chi connectivity index (χ1) is 14.8. The van der Waals surface area contributed by atoms with Crippen LogP contribution in [0.15, 0.2) is 60.7 Å². The Morgan fingerprint density at radius 2 is 1.35 bits per heavy atom. The number of aliphatic hydroxyl groups is 2. The van der Waals surface area contributed by atoms with Crippen molar-refractivity contribution in [2.75, 3.05) is 7.05 Å². The minimum absolute atomic E-state index is 0.0504. The van der Waals surface area contributed by atoms with Crippen molar-refractivity contribution in [3.8, 4) is 0 Å². The number of carbonyl (C=O) groups is 2. The van der Waals surface area contributed by atoms with Gasteiger partial charge in [-0.2, -0.15) is 0 Å². The molecule has 0 saturated heterocycles. The Bertz CT molecular complexity index is 753. The third-order valence-corrected chi connectivity index (χ3v) is 3.84. The van der Waals surface area contributed by atoms with Crippen molar-refractivity contribution in [1.82, 2.24) is 10.5 Å². The molecule has 2 aromatic rings. The maximum Gasteiger partial charge on any atom is 0.248 e. The molecule has 0 heterocycles. The predicted molar refractivity (Wildman–Crippen MR) is 116 cm³/mol. The summed E-state index contributed by atoms with van der Waals surface area (Å²) >= 11 is 0. The fourth-order valence-electron chi connectivity index (χ4n) is 2.28. The van der Waals surface area contributed by atoms with E-state index in [0.717, 1.165) is 11.1 Å². The van der Waals surface area contributed by atoms with Gasteiger partial charge >= 0.3 is 0 Å². The van der Waals surface area contributed by atoms with Gasteiger partial charge < -0.3 is 10.2 Å². The first kappa shape index (κ1) is 26.3. The second-order valence-corrected chi connectivity index (χ2v) is 7.06. The summed E-state index contributed by atoms with van der Waals surface area (Å²) < 4.78 is 0. The number of rotatable bonds is 10. The largest absolute Gasteiger partial charge is 0.393 e. The number of nitrogens with one attached hydrogen (secondary N) is 1. The molecule has 3 N–H and O–H groups in total. The molecule has 0 bridgehead atoms. The lowest BCUT2D eigenvalue weighted by molar-refractivity contribution is -0.184. The number of benzene rings is 2. The third-order valence-electron chi connectivity index (χ3n) is 3.84. The molecule has 0 spiro atoms. The first-order valence-electron chi connectivity index (χ1n) is 10.0. The van der Waals surface area contributed by atoms with Crippen LogP contribution >= 0.6 is 0 Å². The normalized spacial score (nSPS) is 12.2. The van der Waals surface area contributed by atoms with Crippen molar-refractivity contribution in [1.29, 1.82) is 0 Å². The van der Waals surface area contributed by atoms with E-state index in [4.69, 9.17) is 19.9 Å². The van der Waals surface area contributed by atoms with Crippen LogP contribution in [0, 0.1) is 0 Å². The van der Waals surface area contributed by atoms with Gasteiger partial charge in [0.25, 0.3) is 0 Å². The van der Waals surface area contributed by atoms with E-state index < -0.39 is 12.2 Å². The molecule has 8 heteroatoms. The van der Waals surface area contributed by atoms with Gasteiger partial charge in [0.05, 0.1) is 31.7 Å². The van der Waals surface area contributed by atoms with Crippen molar-refractivity contribution in [3.05, 3.63) is 71.8 Å². The zero-order valence-electron chi connectivity index (χ0n) is 18.2. The summed E-state index contributed by atoms with van der Waals surface area (Å²) in [5.41, 5.74) is 4.24. The number of amides is 2. The van der Waals surface area contributed by atoms with Crippen molar-refractivity contribution < 1.29 is 29.5 Å². The van der Waals surface area contributed by atoms with Crippen LogP contribution in [0.3, 0.4) is 0 Å². The highest BCUT2D eigenvalue weighted by Crippen LogP contribution is 2.04. The molecule has 0 fully saturated rings. The van der Waals surface area contributed by atoms with E-state index in [1.165, 1.54) is 5.06 Å². The Morgan fingerprint density at radius 1 is 0.871 bits per heavy atom. The van der Waals surface area contributed by atoms with Crippen LogP contribution in [0.25, 0.3) is 0 Å². The van der Waals surface area contributed by atoms with Crippen LogP contribution in [0.2, 0.25) is 0 Å². The smallest absolute Gasteiger partial charge is 0.248 e. The molecule has 8 nitrogen and oxygen atoms in total. The molecule has 2 aromatic carbocycles. The summed E-state index contributed by atoms with van der Waals surface area (Å²) in [6.07, 6.45) is -1.17. The van der Waals surface area contributed by atoms with Crippen molar-refractivity contribution in [2.45, 2.75) is 52.1 Å². The number of nitrogens with zero attached hydrogens (tertiary/aromatic N) is 1. The lowest BCUT2D eigenvalue weighted by Gasteiger charge is -2.17. The maximum atomic E-state index is 11.4. The molecule has 2 amide bonds. The Labute approximate surface area is 183 Å². The molecule has 0 radical (unpaired) electrons. The minimum Gasteiger partial charge on any atom is -0.393 e. The van der Waals surface area contributed by atoms with Crippen molar-refractivity contribution in [2.24, 2.45) is 0 Å². The predicted octanol–water partition coefficient (Wildman–Crippen LogP) is 2.35. The first-order valence-corrected chi connectivity index (χ1v) is 10.0. The van der Waals surface area contributed by atoms with Crippen molar-refractivity contribution >= 4 is 11.8 Å². The molecule has 2 unspecified atom stereocenters. The quantitative estimate of drug-likeness (QED) is 0.498. The molecule has 2 rings (SSSR count). The van der Waals surface area contributed by atoms with Crippen molar-refractivity contribution in [3.63, 3.8) is 0 Å². The summed E-state index contributed by atoms with van der Waals surface area (Å²) in [6.45, 7) is 3.80. The maximum absolute atomic E-state index is 11.4. The van der Waals surface area contributed by atoms with E-state index in [1.54, 1.807) is 20.9 Å². The monoisotopic (exact) mass is 432 g/mol. The SMILES string of the molecule is CC(O)CC(=O)N(C)OCc1ccccc1.CC(O)CC(=O)NOCc1ccccc1. The Balaban J connectivity index is 0.000000311. The van der Waals surface area contributed by atoms with Crippen LogP contribution in [0.5, 0.6) is 0 Å². The zero-order chi connectivity index (χ0) is 23.1. The Morgan fingerprint density at radius 3 is 1.84 bits per heavy atom. The van der Waals surface area contributed by atoms with Gasteiger partial charge in [-0.3, -0.25) is 19.3 Å². The average molecular weight is 433 g/mol. The minimum atomic E-state index is -0.648. The summed E-state index contributed by atoms with van der Waals surface area (Å²) in [5.74, 6) is -0.549. The van der Waals surface area contributed by atoms with Crippen LogP contribution in [0.4, 0.5) is 0 Å². The second-order valence-electron chi connectivity index (χ2n) is 7.06. The number of carbonyl (C=O) groups excluding carboxylic acids is 2. The van der Waals surface area contributed by atoms with Gasteiger partial charge in [-0.25, -0.2) is 10.5 Å². The lowest BCUT2D eigenvalue weighted by atomic mass is 10.2. The van der Waals surface area contributed by atoms with E-state index in [0.29, 0.717) is 13.2 Å². The third kappa shape index (κ3) is 13.2. The topological polar surface area (TPSA) is 108 Å². The van der Waals surface area contributed by atoms with Crippen LogP contribution in [-0.2, 0) is 32.5 Å². The average Bonchev–Trinajstić information content (AvgIpc) is 2.73. The van der Waals surface area contributed by atoms with Gasteiger partial charge in [0.15, 0.2) is 0 Å². The molecule has 0 aromatic heterocycles. The van der Waals surface area contributed by atoms with E-state index in [2.05, 4.69) is 5.48 Å². The Hall–Kier alpha value is -2.78. The summed E-state index contributed by atoms with van der Waals surface area (Å²) in [5, 5.41) is 19.1. The highest BCUT2D eigenvalue weighted by molar-refractivity contribution is 5.75. The number of hydroxylamine groups is 3. The highest BCUT2D eigenvalue weighted by atomic mass is 16.7. The molecule has 31 heavy (non-hydrogen) atoms. The summed E-state index contributed by atoms with van der Waals surface area (Å²) in [6, 6.07) is 19.1. The van der Waals surface area contributed by atoms with E-state index in [-0.39, 0.29) is 24.7 Å². The van der Waals surface area contributed by atoms with Crippen LogP contribution in [-0.4, -0.2) is 46.3 Å². The van der Waals surface area contributed by atoms with Crippen LogP contribution < -0.4 is 5.48 Å². The Kier molecular flexibility index (Phi) is 12.8. The van der Waals surface area contributed by atoms with Gasteiger partial charge in [-0.1, -0.05) is 60.7 Å². The molecule has 0 saturated carbocycles. The molecule has 0 aliphatic carbocycles. The van der Waals surface area contributed by atoms with Gasteiger partial charge in [0.2, 0.25) is 11.8 Å². The van der Waals surface area contributed by atoms with Gasteiger partial charge in [0.1, 0.15) is 6.61 Å². The molecule has 0 aliphatic rings. The lowest BCUT2D eigenvalue weighted by Crippen LogP contribution is -2.29. The molecule has 0 aliphatic heterocycles. The summed E-state index contributed by atoms with van der Waals surface area (Å²) in [4.78, 5) is 32.7. The van der Waals surface area contributed by atoms with E-state index in [9.17, 15) is 9.59 Å². The molecular weight excluding hydrogens is 400 g/mol. The number of aliphatic hydroxyl groups excluding tert-OH is 2. The second kappa shape index (κ2) is 15.1. The van der Waals surface area contributed by atoms with Gasteiger partial charge in [-0.05, 0) is 25.0 Å². The van der Waals surface area contributed by atoms with E-state index >= 15 is 0 Å². The fourth-order valence-corrected chi connectivity index (χ4v) is 2.28. The van der Waals surface area contributed by atoms with E-state index in [1.807, 2.05) is 60.7 Å². The molecule has 170 valence electrons. The van der Waals surface area contributed by atoms with Gasteiger partial charge in [-0.15, -0.1) is 0 Å². The highest BCUT2D eigenvalue weighted by Gasteiger charge is 2.12. The van der Waals surface area contributed by atoms with Crippen LogP contribution in [0.1, 0.15) is 37.8 Å². The summed E-state index contributed by atoms with van der Waals surface area (Å²) in [7, 11) is 1.55. The number of hydrogen-bond donors (Lipinski definition) is 3.